The molecule has 0 saturated carbocycles. The van der Waals surface area contributed by atoms with Gasteiger partial charge in [0.05, 0.1) is 0 Å². The van der Waals surface area contributed by atoms with Crippen molar-refractivity contribution in [1.82, 2.24) is 0 Å². The fourth-order valence-corrected chi connectivity index (χ4v) is 2.63. The van der Waals surface area contributed by atoms with E-state index >= 15 is 0 Å². The van der Waals surface area contributed by atoms with Crippen LogP contribution in [0.1, 0.15) is 15.9 Å². The number of carbonyl (C=O) groups excluding carboxylic acids is 1. The molecule has 0 heterocycles. The van der Waals surface area contributed by atoms with Crippen LogP contribution in [0.5, 0.6) is 0 Å². The summed E-state index contributed by atoms with van der Waals surface area (Å²) in [4.78, 5) is 11.3. The van der Waals surface area contributed by atoms with Crippen molar-refractivity contribution in [3.05, 3.63) is 35.4 Å². The summed E-state index contributed by atoms with van der Waals surface area (Å²) >= 11 is -1.28. The summed E-state index contributed by atoms with van der Waals surface area (Å²) in [6.45, 7) is 1.92. The number of carbonyl (C=O) groups is 1. The van der Waals surface area contributed by atoms with Crippen LogP contribution in [0.3, 0.4) is 0 Å². The average Bonchev–Trinajstić information content (AvgIpc) is 2.05. The standard InChI is InChI=1S/C8H8O2.CH3.Hg/c1-6-4-2-3-5-7(6)8(9)10;;/h2-5H,1H3,(H,9,10);1H3;/q;;+1/p-1. The van der Waals surface area contributed by atoms with Crippen molar-refractivity contribution in [1.29, 1.82) is 0 Å². The average molecular weight is 351 g/mol. The van der Waals surface area contributed by atoms with Gasteiger partial charge in [-0.25, -0.2) is 0 Å². The molecule has 0 radical (unpaired) electrons. The van der Waals surface area contributed by atoms with Crippen LogP contribution >= 0.6 is 0 Å². The van der Waals surface area contributed by atoms with Gasteiger partial charge in [0, 0.05) is 0 Å². The normalized spacial score (nSPS) is 8.83. The molecule has 0 aliphatic carbocycles. The topological polar surface area (TPSA) is 26.3 Å². The maximum atomic E-state index is 11.3. The molecule has 0 spiro atoms. The zero-order valence-corrected chi connectivity index (χ0v) is 12.8. The third-order valence-corrected chi connectivity index (χ3v) is 3.78. The number of hydrogen-bond acceptors (Lipinski definition) is 2. The van der Waals surface area contributed by atoms with Crippen LogP contribution < -0.4 is 0 Å². The third-order valence-electron chi connectivity index (χ3n) is 1.64. The molecule has 0 atom stereocenters. The molecule has 0 bridgehead atoms. The summed E-state index contributed by atoms with van der Waals surface area (Å²) in [5.74, 6) is -0.141. The SMILES string of the molecule is [CH3][Hg][O]C(=O)c1ccccc1C. The van der Waals surface area contributed by atoms with E-state index in [9.17, 15) is 4.79 Å². The molecule has 0 fully saturated rings. The zero-order valence-electron chi connectivity index (χ0n) is 7.33. The molecular weight excluding hydrogens is 341 g/mol. The molecular formula is C9H10HgO2. The van der Waals surface area contributed by atoms with E-state index in [1.165, 1.54) is 0 Å². The van der Waals surface area contributed by atoms with E-state index < -0.39 is 25.0 Å². The van der Waals surface area contributed by atoms with Gasteiger partial charge < -0.3 is 0 Å². The predicted octanol–water partition coefficient (Wildman–Crippen LogP) is 2.20. The van der Waals surface area contributed by atoms with Gasteiger partial charge in [-0.15, -0.1) is 0 Å². The quantitative estimate of drug-likeness (QED) is 0.764. The van der Waals surface area contributed by atoms with Crippen LogP contribution in [0.25, 0.3) is 0 Å². The van der Waals surface area contributed by atoms with Crippen molar-refractivity contribution in [2.75, 3.05) is 0 Å². The predicted molar refractivity (Wildman–Crippen MR) is 42.5 cm³/mol. The summed E-state index contributed by atoms with van der Waals surface area (Å²) in [6.07, 6.45) is 0. The minimum absolute atomic E-state index is 0.141. The van der Waals surface area contributed by atoms with Crippen molar-refractivity contribution >= 4 is 5.97 Å². The first-order valence-corrected chi connectivity index (χ1v) is 11.7. The van der Waals surface area contributed by atoms with Crippen molar-refractivity contribution < 1.29 is 32.5 Å². The van der Waals surface area contributed by atoms with Gasteiger partial charge >= 0.3 is 85.2 Å². The van der Waals surface area contributed by atoms with Crippen LogP contribution in [0.4, 0.5) is 0 Å². The fraction of sp³-hybridized carbons (Fsp3) is 0.222. The summed E-state index contributed by atoms with van der Waals surface area (Å²) in [5.41, 5.74) is 1.70. The summed E-state index contributed by atoms with van der Waals surface area (Å²) in [7, 11) is 0. The van der Waals surface area contributed by atoms with Gasteiger partial charge in [0.2, 0.25) is 0 Å². The third kappa shape index (κ3) is 2.30. The van der Waals surface area contributed by atoms with E-state index in [0.717, 1.165) is 5.56 Å². The molecule has 2 nitrogen and oxygen atoms in total. The van der Waals surface area contributed by atoms with E-state index in [2.05, 4.69) is 0 Å². The van der Waals surface area contributed by atoms with E-state index in [-0.39, 0.29) is 5.97 Å². The molecule has 0 aliphatic heterocycles. The van der Waals surface area contributed by atoms with Gasteiger partial charge in [0.25, 0.3) is 0 Å². The molecule has 0 amide bonds. The Morgan fingerprint density at radius 2 is 2.08 bits per heavy atom. The molecule has 0 saturated heterocycles. The van der Waals surface area contributed by atoms with Gasteiger partial charge in [0.15, 0.2) is 0 Å². The van der Waals surface area contributed by atoms with Gasteiger partial charge in [-0.1, -0.05) is 0 Å². The second-order valence-electron chi connectivity index (χ2n) is 2.54. The molecule has 12 heavy (non-hydrogen) atoms. The molecule has 1 aromatic carbocycles. The molecule has 0 unspecified atom stereocenters. The Hall–Kier alpha value is -0.375. The maximum absolute atomic E-state index is 11.3. The second kappa shape index (κ2) is 4.60. The van der Waals surface area contributed by atoms with Gasteiger partial charge in [-0.05, 0) is 0 Å². The van der Waals surface area contributed by atoms with Crippen LogP contribution in [-0.4, -0.2) is 5.97 Å². The van der Waals surface area contributed by atoms with Crippen molar-refractivity contribution in [2.45, 2.75) is 11.4 Å². The Labute approximate surface area is 85.0 Å². The Morgan fingerprint density at radius 1 is 1.42 bits per heavy atom. The Morgan fingerprint density at radius 3 is 2.67 bits per heavy atom. The second-order valence-corrected chi connectivity index (χ2v) is 5.90. The minimum atomic E-state index is -1.28. The van der Waals surface area contributed by atoms with Crippen molar-refractivity contribution in [3.8, 4) is 0 Å². The molecule has 60 valence electrons. The summed E-state index contributed by atoms with van der Waals surface area (Å²) in [6, 6.07) is 7.50. The zero-order chi connectivity index (χ0) is 8.97. The number of benzene rings is 1. The Kier molecular flexibility index (Phi) is 3.72. The molecule has 0 aliphatic rings. The van der Waals surface area contributed by atoms with Crippen LogP contribution in [-0.2, 0) is 27.7 Å². The monoisotopic (exact) mass is 352 g/mol. The van der Waals surface area contributed by atoms with Crippen molar-refractivity contribution in [2.24, 2.45) is 0 Å². The Bertz CT molecular complexity index is 284. The number of aryl methyl sites for hydroxylation is 1. The summed E-state index contributed by atoms with van der Waals surface area (Å²) < 4.78 is 7.12. The van der Waals surface area contributed by atoms with E-state index in [1.807, 2.05) is 29.6 Å². The van der Waals surface area contributed by atoms with Gasteiger partial charge in [0.1, 0.15) is 0 Å². The van der Waals surface area contributed by atoms with Crippen molar-refractivity contribution in [3.63, 3.8) is 0 Å². The number of hydrogen-bond donors (Lipinski definition) is 0. The van der Waals surface area contributed by atoms with Crippen LogP contribution in [0.2, 0.25) is 4.43 Å². The first-order valence-electron chi connectivity index (χ1n) is 3.98. The number of rotatable bonds is 2. The van der Waals surface area contributed by atoms with E-state index in [0.29, 0.717) is 5.56 Å². The first-order chi connectivity index (χ1) is 5.75. The van der Waals surface area contributed by atoms with Gasteiger partial charge in [-0.3, -0.25) is 0 Å². The van der Waals surface area contributed by atoms with Crippen LogP contribution in [0.15, 0.2) is 24.3 Å². The van der Waals surface area contributed by atoms with E-state index in [1.54, 1.807) is 6.07 Å². The molecule has 1 aromatic rings. The Balaban J connectivity index is 2.87. The first kappa shape index (κ1) is 9.71. The molecule has 0 N–H and O–H groups in total. The fourth-order valence-electron chi connectivity index (χ4n) is 1.01. The van der Waals surface area contributed by atoms with Crippen LogP contribution in [0, 0.1) is 6.92 Å². The van der Waals surface area contributed by atoms with Gasteiger partial charge in [-0.2, -0.15) is 0 Å². The molecule has 1 rings (SSSR count). The molecule has 0 aromatic heterocycles. The molecule has 3 heteroatoms. The summed E-state index contributed by atoms with van der Waals surface area (Å²) in [5, 5.41) is 0. The van der Waals surface area contributed by atoms with E-state index in [4.69, 9.17) is 2.64 Å².